The number of rotatable bonds is 2. The van der Waals surface area contributed by atoms with Crippen LogP contribution >= 0.6 is 11.6 Å². The van der Waals surface area contributed by atoms with Crippen molar-refractivity contribution in [2.75, 3.05) is 0 Å². The van der Waals surface area contributed by atoms with E-state index in [1.54, 1.807) is 0 Å². The van der Waals surface area contributed by atoms with Crippen molar-refractivity contribution in [2.45, 2.75) is 43.9 Å². The molecule has 8 nitrogen and oxygen atoms in total. The Labute approximate surface area is 130 Å². The molecule has 1 aliphatic heterocycles. The van der Waals surface area contributed by atoms with Gasteiger partial charge in [-0.2, -0.15) is 0 Å². The molecule has 0 aliphatic carbocycles. The van der Waals surface area contributed by atoms with Gasteiger partial charge in [0, 0.05) is 17.1 Å². The van der Waals surface area contributed by atoms with E-state index in [1.165, 1.54) is 19.9 Å². The van der Waals surface area contributed by atoms with Crippen LogP contribution in [0.1, 0.15) is 18.8 Å². The molecule has 0 aromatic carbocycles. The zero-order valence-electron chi connectivity index (χ0n) is 11.9. The second-order valence-electron chi connectivity index (χ2n) is 5.24. The number of aliphatic hydroxyl groups is 2. The van der Waals surface area contributed by atoms with Gasteiger partial charge in [0.1, 0.15) is 12.2 Å². The van der Waals surface area contributed by atoms with Gasteiger partial charge in [0.15, 0.2) is 11.8 Å². The summed E-state index contributed by atoms with van der Waals surface area (Å²) in [4.78, 5) is 25.5. The van der Waals surface area contributed by atoms with Gasteiger partial charge in [-0.15, -0.1) is 0 Å². The number of nitrogens with zero attached hydrogens (tertiary/aromatic N) is 1. The number of aliphatic hydroxyl groups excluding tert-OH is 2. The normalized spacial score (nSPS) is 32.4. The number of aryl methyl sites for hydroxylation is 1. The van der Waals surface area contributed by atoms with Crippen LogP contribution in [0.2, 0.25) is 0 Å². The minimum atomic E-state index is -1.73. The van der Waals surface area contributed by atoms with E-state index in [0.717, 1.165) is 4.57 Å². The fourth-order valence-corrected chi connectivity index (χ4v) is 2.70. The molecule has 1 saturated heterocycles. The van der Waals surface area contributed by atoms with Crippen molar-refractivity contribution in [2.24, 2.45) is 5.73 Å². The molecule has 1 aromatic heterocycles. The van der Waals surface area contributed by atoms with E-state index >= 15 is 0 Å². The predicted molar refractivity (Wildman–Crippen MR) is 78.2 cm³/mol. The molecule has 2 rings (SSSR count). The highest BCUT2D eigenvalue weighted by Gasteiger charge is 2.56. The van der Waals surface area contributed by atoms with E-state index in [9.17, 15) is 19.8 Å². The molecule has 1 aliphatic rings. The first kappa shape index (κ1) is 16.7. The molecular weight excluding hydrogens is 314 g/mol. The Morgan fingerprint density at radius 1 is 1.59 bits per heavy atom. The van der Waals surface area contributed by atoms with Gasteiger partial charge in [0.2, 0.25) is 0 Å². The maximum atomic E-state index is 12.1. The van der Waals surface area contributed by atoms with Crippen LogP contribution in [-0.2, 0) is 4.74 Å². The molecule has 0 spiro atoms. The average Bonchev–Trinajstić information content (AvgIpc) is 2.63. The van der Waals surface area contributed by atoms with Crippen molar-refractivity contribution in [3.05, 3.63) is 32.6 Å². The zero-order valence-corrected chi connectivity index (χ0v) is 12.7. The van der Waals surface area contributed by atoms with Gasteiger partial charge in [-0.25, -0.2) is 4.79 Å². The minimum absolute atomic E-state index is 0.267. The first-order valence-corrected chi connectivity index (χ1v) is 6.86. The van der Waals surface area contributed by atoms with Crippen LogP contribution in [0, 0.1) is 18.2 Å². The smallest absolute Gasteiger partial charge is 0.330 e. The van der Waals surface area contributed by atoms with Crippen molar-refractivity contribution >= 4 is 11.6 Å². The van der Waals surface area contributed by atoms with E-state index in [4.69, 9.17) is 22.1 Å². The summed E-state index contributed by atoms with van der Waals surface area (Å²) in [7, 11) is 0. The molecule has 1 fully saturated rings. The predicted octanol–water partition coefficient (Wildman–Crippen LogP) is -1.62. The third-order valence-electron chi connectivity index (χ3n) is 3.64. The van der Waals surface area contributed by atoms with Crippen molar-refractivity contribution in [3.63, 3.8) is 0 Å². The Kier molecular flexibility index (Phi) is 4.47. The van der Waals surface area contributed by atoms with Gasteiger partial charge in [-0.1, -0.05) is 5.92 Å². The molecule has 5 N–H and O–H groups in total. The Morgan fingerprint density at radius 3 is 2.73 bits per heavy atom. The lowest BCUT2D eigenvalue weighted by Gasteiger charge is -2.28. The molecule has 0 saturated carbocycles. The highest BCUT2D eigenvalue weighted by molar-refractivity contribution is 6.30. The Morgan fingerprint density at radius 2 is 2.23 bits per heavy atom. The number of H-pyrrole nitrogens is 1. The second-order valence-corrected chi connectivity index (χ2v) is 5.43. The van der Waals surface area contributed by atoms with Crippen LogP contribution in [0.3, 0.4) is 0 Å². The standard InChI is InChI=1S/C13H16ClN3O5/c1-6-5-8(19)16-12(21)17(6)11-13(15,3-4-14)10(20)9(22-11)7(2)18/h5,7,9-11,18,20H,15H2,1-2H3,(H,16,19,21)/t7-,9-,10?,11-,13?/m1/s1. The number of nitrogens with two attached hydrogens (primary N) is 1. The largest absolute Gasteiger partial charge is 0.391 e. The summed E-state index contributed by atoms with van der Waals surface area (Å²) in [6, 6.07) is 1.18. The molecule has 5 atom stereocenters. The molecule has 2 unspecified atom stereocenters. The van der Waals surface area contributed by atoms with E-state index in [0.29, 0.717) is 0 Å². The third kappa shape index (κ3) is 2.58. The van der Waals surface area contributed by atoms with Crippen molar-refractivity contribution in [1.82, 2.24) is 9.55 Å². The molecule has 2 heterocycles. The summed E-state index contributed by atoms with van der Waals surface area (Å²) in [6.45, 7) is 2.92. The number of hydrogen-bond donors (Lipinski definition) is 4. The molecular formula is C13H16ClN3O5. The summed E-state index contributed by atoms with van der Waals surface area (Å²) in [5.41, 5.74) is 3.30. The Balaban J connectivity index is 2.64. The second kappa shape index (κ2) is 5.87. The van der Waals surface area contributed by atoms with Gasteiger partial charge in [0.25, 0.3) is 5.56 Å². The van der Waals surface area contributed by atoms with Crippen LogP contribution in [0.25, 0.3) is 0 Å². The van der Waals surface area contributed by atoms with E-state index in [2.05, 4.69) is 16.3 Å². The topological polar surface area (TPSA) is 131 Å². The van der Waals surface area contributed by atoms with Crippen molar-refractivity contribution < 1.29 is 14.9 Å². The Hall–Kier alpha value is -1.63. The average molecular weight is 330 g/mol. The number of hydrogen-bond acceptors (Lipinski definition) is 6. The van der Waals surface area contributed by atoms with Crippen LogP contribution in [0.4, 0.5) is 0 Å². The van der Waals surface area contributed by atoms with Gasteiger partial charge in [-0.3, -0.25) is 14.3 Å². The summed E-state index contributed by atoms with van der Waals surface area (Å²) in [5, 5.41) is 22.1. The maximum Gasteiger partial charge on any atom is 0.330 e. The van der Waals surface area contributed by atoms with Crippen molar-refractivity contribution in [3.8, 4) is 11.3 Å². The first-order valence-electron chi connectivity index (χ1n) is 6.48. The fourth-order valence-electron chi connectivity index (χ4n) is 2.54. The molecule has 0 amide bonds. The summed E-state index contributed by atoms with van der Waals surface area (Å²) in [6.07, 6.45) is -4.73. The molecule has 120 valence electrons. The minimum Gasteiger partial charge on any atom is -0.391 e. The van der Waals surface area contributed by atoms with Crippen LogP contribution < -0.4 is 17.0 Å². The Bertz CT molecular complexity index is 747. The molecule has 22 heavy (non-hydrogen) atoms. The lowest BCUT2D eigenvalue weighted by molar-refractivity contribution is -0.0784. The zero-order chi connectivity index (χ0) is 16.7. The van der Waals surface area contributed by atoms with Crippen LogP contribution in [-0.4, -0.2) is 43.6 Å². The monoisotopic (exact) mass is 329 g/mol. The van der Waals surface area contributed by atoms with Gasteiger partial charge >= 0.3 is 5.69 Å². The highest BCUT2D eigenvalue weighted by Crippen LogP contribution is 2.37. The fraction of sp³-hybridized carbons (Fsp3) is 0.538. The quantitative estimate of drug-likeness (QED) is 0.482. The highest BCUT2D eigenvalue weighted by atomic mass is 35.5. The van der Waals surface area contributed by atoms with Gasteiger partial charge in [-0.05, 0) is 25.4 Å². The lowest BCUT2D eigenvalue weighted by Crippen LogP contribution is -2.56. The SMILES string of the molecule is Cc1cc(=O)[nH]c(=O)n1[C@@H]1O[C@H]([C@@H](C)O)C(O)C1(N)C#CCl. The number of halogens is 1. The van der Waals surface area contributed by atoms with Gasteiger partial charge in [0.05, 0.1) is 6.10 Å². The van der Waals surface area contributed by atoms with Crippen molar-refractivity contribution in [1.29, 1.82) is 0 Å². The van der Waals surface area contributed by atoms with Gasteiger partial charge < -0.3 is 20.7 Å². The first-order chi connectivity index (χ1) is 10.2. The maximum absolute atomic E-state index is 12.1. The van der Waals surface area contributed by atoms with E-state index in [-0.39, 0.29) is 5.69 Å². The summed E-state index contributed by atoms with van der Waals surface area (Å²) < 4.78 is 6.61. The molecule has 0 radical (unpaired) electrons. The summed E-state index contributed by atoms with van der Waals surface area (Å²) >= 11 is 5.41. The molecule has 1 aromatic rings. The van der Waals surface area contributed by atoms with E-state index in [1.807, 2.05) is 0 Å². The van der Waals surface area contributed by atoms with Crippen LogP contribution in [0.5, 0.6) is 0 Å². The number of nitrogens with one attached hydrogen (secondary N) is 1. The molecule has 9 heteroatoms. The summed E-state index contributed by atoms with van der Waals surface area (Å²) in [5.74, 6) is 2.43. The number of ether oxygens (including phenoxy) is 1. The lowest BCUT2D eigenvalue weighted by atomic mass is 9.90. The molecule has 0 bridgehead atoms. The van der Waals surface area contributed by atoms with Crippen LogP contribution in [0.15, 0.2) is 15.7 Å². The third-order valence-corrected chi connectivity index (χ3v) is 3.73. The number of aromatic nitrogens is 2. The number of aromatic amines is 1. The van der Waals surface area contributed by atoms with E-state index < -0.39 is 41.3 Å².